The molecule has 26 heavy (non-hydrogen) atoms. The molecule has 0 aliphatic rings. The number of carbonyl (C=O) groups is 2. The molecule has 2 amide bonds. The van der Waals surface area contributed by atoms with Crippen LogP contribution in [0.2, 0.25) is 5.02 Å². The van der Waals surface area contributed by atoms with E-state index >= 15 is 0 Å². The molecule has 0 fully saturated rings. The van der Waals surface area contributed by atoms with Gasteiger partial charge in [0.05, 0.1) is 10.7 Å². The van der Waals surface area contributed by atoms with Crippen molar-refractivity contribution in [3.05, 3.63) is 63.7 Å². The van der Waals surface area contributed by atoms with Gasteiger partial charge in [0.1, 0.15) is 0 Å². The molecule has 4 nitrogen and oxygen atoms in total. The number of amides is 2. The van der Waals surface area contributed by atoms with Crippen molar-refractivity contribution in [2.75, 3.05) is 11.9 Å². The lowest BCUT2D eigenvalue weighted by Crippen LogP contribution is -2.31. The van der Waals surface area contributed by atoms with Gasteiger partial charge >= 0.3 is 0 Å². The highest BCUT2D eigenvalue weighted by Crippen LogP contribution is 2.27. The van der Waals surface area contributed by atoms with E-state index in [-0.39, 0.29) is 18.2 Å². The third kappa shape index (κ3) is 5.33. The Morgan fingerprint density at radius 1 is 1.08 bits per heavy atom. The van der Waals surface area contributed by atoms with Crippen LogP contribution in [-0.4, -0.2) is 23.3 Å². The van der Waals surface area contributed by atoms with Crippen molar-refractivity contribution in [1.82, 2.24) is 4.90 Å². The maximum Gasteiger partial charge on any atom is 0.226 e. The second kappa shape index (κ2) is 8.86. The highest BCUT2D eigenvalue weighted by atomic mass is 35.5. The maximum atomic E-state index is 12.3. The van der Waals surface area contributed by atoms with Gasteiger partial charge < -0.3 is 10.2 Å². The summed E-state index contributed by atoms with van der Waals surface area (Å²) in [5, 5.41) is 3.39. The van der Waals surface area contributed by atoms with E-state index in [4.69, 9.17) is 11.6 Å². The summed E-state index contributed by atoms with van der Waals surface area (Å²) < 4.78 is 0. The summed E-state index contributed by atoms with van der Waals surface area (Å²) in [5.41, 5.74) is 4.82. The molecule has 1 N–H and O–H groups in total. The van der Waals surface area contributed by atoms with Crippen molar-refractivity contribution in [2.45, 2.75) is 40.7 Å². The van der Waals surface area contributed by atoms with Crippen molar-refractivity contribution >= 4 is 29.1 Å². The Morgan fingerprint density at radius 2 is 1.77 bits per heavy atom. The number of benzene rings is 2. The van der Waals surface area contributed by atoms with Gasteiger partial charge in [0.15, 0.2) is 0 Å². The largest absolute Gasteiger partial charge is 0.338 e. The zero-order valence-electron chi connectivity index (χ0n) is 15.7. The zero-order valence-corrected chi connectivity index (χ0v) is 16.5. The van der Waals surface area contributed by atoms with Crippen LogP contribution in [0, 0.1) is 20.8 Å². The van der Waals surface area contributed by atoms with E-state index < -0.39 is 0 Å². The molecule has 0 saturated carbocycles. The lowest BCUT2D eigenvalue weighted by atomic mass is 10.1. The molecule has 0 aliphatic heterocycles. The average Bonchev–Trinajstić information content (AvgIpc) is 2.56. The summed E-state index contributed by atoms with van der Waals surface area (Å²) in [7, 11) is 0. The predicted molar refractivity (Wildman–Crippen MR) is 106 cm³/mol. The molecule has 138 valence electrons. The minimum absolute atomic E-state index is 0.0504. The fourth-order valence-electron chi connectivity index (χ4n) is 2.85. The molecule has 0 saturated heterocycles. The molecular weight excluding hydrogens is 348 g/mol. The number of halogens is 1. The smallest absolute Gasteiger partial charge is 0.226 e. The second-order valence-corrected chi connectivity index (χ2v) is 7.01. The Kier molecular flexibility index (Phi) is 6.81. The summed E-state index contributed by atoms with van der Waals surface area (Å²) in [6.45, 7) is 8.27. The number of nitrogens with one attached hydrogen (secondary N) is 1. The molecule has 0 radical (unpaired) electrons. The molecule has 2 aromatic rings. The highest BCUT2D eigenvalue weighted by Gasteiger charge is 2.14. The van der Waals surface area contributed by atoms with E-state index in [1.54, 1.807) is 4.90 Å². The van der Waals surface area contributed by atoms with Crippen molar-refractivity contribution in [1.29, 1.82) is 0 Å². The molecule has 0 unspecified atom stereocenters. The molecule has 0 heterocycles. The first kappa shape index (κ1) is 20.0. The lowest BCUT2D eigenvalue weighted by molar-refractivity contribution is -0.129. The van der Waals surface area contributed by atoms with Gasteiger partial charge in [0.2, 0.25) is 11.8 Å². The van der Waals surface area contributed by atoms with E-state index in [0.29, 0.717) is 23.8 Å². The monoisotopic (exact) mass is 372 g/mol. The SMILES string of the molecule is CC(=O)N(CCC(=O)Nc1c(C)cc(C)cc1Cl)Cc1ccccc1C. The van der Waals surface area contributed by atoms with Gasteiger partial charge in [0, 0.05) is 26.4 Å². The Hall–Kier alpha value is -2.33. The maximum absolute atomic E-state index is 12.3. The van der Waals surface area contributed by atoms with Crippen LogP contribution < -0.4 is 5.32 Å². The minimum Gasteiger partial charge on any atom is -0.338 e. The van der Waals surface area contributed by atoms with Gasteiger partial charge in [-0.1, -0.05) is 41.9 Å². The summed E-state index contributed by atoms with van der Waals surface area (Å²) in [5.74, 6) is -0.208. The van der Waals surface area contributed by atoms with E-state index in [1.165, 1.54) is 6.92 Å². The normalized spacial score (nSPS) is 10.5. The second-order valence-electron chi connectivity index (χ2n) is 6.60. The summed E-state index contributed by atoms with van der Waals surface area (Å²) in [4.78, 5) is 26.0. The van der Waals surface area contributed by atoms with E-state index in [0.717, 1.165) is 22.3 Å². The number of hydrogen-bond acceptors (Lipinski definition) is 2. The number of anilines is 1. The van der Waals surface area contributed by atoms with E-state index in [1.807, 2.05) is 57.2 Å². The molecule has 0 aromatic heterocycles. The van der Waals surface area contributed by atoms with Crippen LogP contribution in [0.3, 0.4) is 0 Å². The quantitative estimate of drug-likeness (QED) is 0.802. The first-order valence-corrected chi connectivity index (χ1v) is 9.02. The van der Waals surface area contributed by atoms with Crippen LogP contribution in [-0.2, 0) is 16.1 Å². The molecule has 0 aliphatic carbocycles. The standard InChI is InChI=1S/C21H25ClN2O2/c1-14-11-16(3)21(19(22)12-14)23-20(26)9-10-24(17(4)25)13-18-8-6-5-7-15(18)2/h5-8,11-12H,9-10,13H2,1-4H3,(H,23,26). The van der Waals surface area contributed by atoms with Crippen molar-refractivity contribution in [3.8, 4) is 0 Å². The van der Waals surface area contributed by atoms with Crippen LogP contribution in [0.1, 0.15) is 35.6 Å². The number of aryl methyl sites for hydroxylation is 3. The summed E-state index contributed by atoms with van der Waals surface area (Å²) in [6.07, 6.45) is 0.217. The summed E-state index contributed by atoms with van der Waals surface area (Å²) in [6, 6.07) is 11.7. The van der Waals surface area contributed by atoms with Gasteiger partial charge in [-0.3, -0.25) is 9.59 Å². The van der Waals surface area contributed by atoms with Crippen molar-refractivity contribution in [2.24, 2.45) is 0 Å². The molecule has 5 heteroatoms. The Bertz CT molecular complexity index is 794. The molecule has 0 spiro atoms. The number of rotatable bonds is 6. The van der Waals surface area contributed by atoms with Crippen LogP contribution in [0.5, 0.6) is 0 Å². The van der Waals surface area contributed by atoms with Crippen LogP contribution in [0.25, 0.3) is 0 Å². The van der Waals surface area contributed by atoms with E-state index in [9.17, 15) is 9.59 Å². The third-order valence-corrected chi connectivity index (χ3v) is 4.67. The van der Waals surface area contributed by atoms with Crippen molar-refractivity contribution in [3.63, 3.8) is 0 Å². The molecule has 2 rings (SSSR count). The molecule has 0 atom stereocenters. The Balaban J connectivity index is 2.00. The van der Waals surface area contributed by atoms with Gasteiger partial charge in [-0.25, -0.2) is 0 Å². The van der Waals surface area contributed by atoms with Gasteiger partial charge in [-0.2, -0.15) is 0 Å². The Labute approximate surface area is 160 Å². The minimum atomic E-state index is -0.158. The predicted octanol–water partition coefficient (Wildman–Crippen LogP) is 4.64. The van der Waals surface area contributed by atoms with Crippen molar-refractivity contribution < 1.29 is 9.59 Å². The first-order chi connectivity index (χ1) is 12.3. The lowest BCUT2D eigenvalue weighted by Gasteiger charge is -2.22. The average molecular weight is 373 g/mol. The van der Waals surface area contributed by atoms with Gasteiger partial charge in [-0.15, -0.1) is 0 Å². The van der Waals surface area contributed by atoms with E-state index in [2.05, 4.69) is 5.32 Å². The fourth-order valence-corrected chi connectivity index (χ4v) is 3.22. The zero-order chi connectivity index (χ0) is 19.3. The molecule has 0 bridgehead atoms. The molecular formula is C21H25ClN2O2. The van der Waals surface area contributed by atoms with Gasteiger partial charge in [-0.05, 0) is 49.1 Å². The topological polar surface area (TPSA) is 49.4 Å². The first-order valence-electron chi connectivity index (χ1n) is 8.64. The van der Waals surface area contributed by atoms with Crippen LogP contribution in [0.4, 0.5) is 5.69 Å². The number of nitrogens with zero attached hydrogens (tertiary/aromatic N) is 1. The van der Waals surface area contributed by atoms with Crippen LogP contribution in [0.15, 0.2) is 36.4 Å². The number of hydrogen-bond donors (Lipinski definition) is 1. The summed E-state index contributed by atoms with van der Waals surface area (Å²) >= 11 is 6.24. The fraction of sp³-hybridized carbons (Fsp3) is 0.333. The number of carbonyl (C=O) groups excluding carboxylic acids is 2. The van der Waals surface area contributed by atoms with Gasteiger partial charge in [0.25, 0.3) is 0 Å². The van der Waals surface area contributed by atoms with Crippen LogP contribution >= 0.6 is 11.6 Å². The molecule has 2 aromatic carbocycles. The third-order valence-electron chi connectivity index (χ3n) is 4.37. The highest BCUT2D eigenvalue weighted by molar-refractivity contribution is 6.34. The Morgan fingerprint density at radius 3 is 2.38 bits per heavy atom.